The maximum absolute atomic E-state index is 5.59. The van der Waals surface area contributed by atoms with Crippen LogP contribution >= 0.6 is 11.3 Å². The predicted octanol–water partition coefficient (Wildman–Crippen LogP) is 2.67. The van der Waals surface area contributed by atoms with Gasteiger partial charge < -0.3 is 5.43 Å². The standard InChI is InChI=1S/C14H19N5S/c1-14(2,3)13-17-10(7-20-13)12-16-9-6-4-5-8(9)11(18-12)19-15/h7H,4-6,15H2,1-3H3,(H,16,18,19). The number of nitrogens with zero attached hydrogens (tertiary/aromatic N) is 3. The highest BCUT2D eigenvalue weighted by Gasteiger charge is 2.22. The van der Waals surface area contributed by atoms with E-state index in [0.29, 0.717) is 5.82 Å². The van der Waals surface area contributed by atoms with Crippen molar-refractivity contribution in [1.29, 1.82) is 0 Å². The average Bonchev–Trinajstić information content (AvgIpc) is 3.05. The molecule has 20 heavy (non-hydrogen) atoms. The quantitative estimate of drug-likeness (QED) is 0.656. The summed E-state index contributed by atoms with van der Waals surface area (Å²) in [5.41, 5.74) is 5.85. The minimum absolute atomic E-state index is 0.0502. The summed E-state index contributed by atoms with van der Waals surface area (Å²) in [6.45, 7) is 6.48. The summed E-state index contributed by atoms with van der Waals surface area (Å²) in [7, 11) is 0. The summed E-state index contributed by atoms with van der Waals surface area (Å²) >= 11 is 1.66. The van der Waals surface area contributed by atoms with Gasteiger partial charge in [0, 0.05) is 22.1 Å². The molecule has 2 aromatic rings. The molecule has 0 atom stereocenters. The topological polar surface area (TPSA) is 76.7 Å². The number of hydrogen-bond acceptors (Lipinski definition) is 6. The first-order valence-electron chi connectivity index (χ1n) is 6.82. The summed E-state index contributed by atoms with van der Waals surface area (Å²) < 4.78 is 0. The fourth-order valence-corrected chi connectivity index (χ4v) is 3.27. The summed E-state index contributed by atoms with van der Waals surface area (Å²) in [4.78, 5) is 13.9. The second-order valence-electron chi connectivity index (χ2n) is 6.11. The molecule has 3 rings (SSSR count). The third-order valence-corrected chi connectivity index (χ3v) is 4.71. The van der Waals surface area contributed by atoms with Gasteiger partial charge in [-0.3, -0.25) is 0 Å². The van der Waals surface area contributed by atoms with Gasteiger partial charge in [0.2, 0.25) is 0 Å². The van der Waals surface area contributed by atoms with Crippen molar-refractivity contribution in [2.24, 2.45) is 5.84 Å². The number of aromatic nitrogens is 3. The summed E-state index contributed by atoms with van der Waals surface area (Å²) in [6.07, 6.45) is 3.11. The number of hydrogen-bond donors (Lipinski definition) is 2. The summed E-state index contributed by atoms with van der Waals surface area (Å²) in [6, 6.07) is 0. The van der Waals surface area contributed by atoms with Crippen molar-refractivity contribution in [3.63, 3.8) is 0 Å². The molecular weight excluding hydrogens is 270 g/mol. The maximum Gasteiger partial charge on any atom is 0.181 e. The van der Waals surface area contributed by atoms with Gasteiger partial charge in [0.15, 0.2) is 5.82 Å². The van der Waals surface area contributed by atoms with Crippen LogP contribution in [0.1, 0.15) is 43.5 Å². The predicted molar refractivity (Wildman–Crippen MR) is 81.7 cm³/mol. The molecule has 0 saturated heterocycles. The van der Waals surface area contributed by atoms with Crippen molar-refractivity contribution in [3.8, 4) is 11.5 Å². The zero-order chi connectivity index (χ0) is 14.3. The third-order valence-electron chi connectivity index (χ3n) is 3.44. The Kier molecular flexibility index (Phi) is 3.22. The summed E-state index contributed by atoms with van der Waals surface area (Å²) in [5.74, 6) is 7.00. The highest BCUT2D eigenvalue weighted by molar-refractivity contribution is 7.10. The summed E-state index contributed by atoms with van der Waals surface area (Å²) in [5, 5.41) is 3.12. The van der Waals surface area contributed by atoms with Gasteiger partial charge >= 0.3 is 0 Å². The van der Waals surface area contributed by atoms with Crippen molar-refractivity contribution in [2.75, 3.05) is 5.43 Å². The van der Waals surface area contributed by atoms with E-state index in [9.17, 15) is 0 Å². The number of fused-ring (bicyclic) bond motifs is 1. The van der Waals surface area contributed by atoms with E-state index in [-0.39, 0.29) is 5.41 Å². The second-order valence-corrected chi connectivity index (χ2v) is 6.96. The van der Waals surface area contributed by atoms with E-state index in [1.807, 2.05) is 5.38 Å². The molecule has 0 aliphatic heterocycles. The number of thiazole rings is 1. The number of anilines is 1. The van der Waals surface area contributed by atoms with Gasteiger partial charge in [-0.05, 0) is 19.3 Å². The van der Waals surface area contributed by atoms with Crippen LogP contribution < -0.4 is 11.3 Å². The molecule has 3 N–H and O–H groups in total. The Labute approximate surface area is 122 Å². The SMILES string of the molecule is CC(C)(C)c1nc(-c2nc3c(c(NN)n2)CCC3)cs1. The van der Waals surface area contributed by atoms with Gasteiger partial charge in [-0.2, -0.15) is 0 Å². The molecule has 2 aromatic heterocycles. The zero-order valence-corrected chi connectivity index (χ0v) is 12.8. The molecule has 6 heteroatoms. The molecule has 0 spiro atoms. The van der Waals surface area contributed by atoms with Gasteiger partial charge in [-0.15, -0.1) is 11.3 Å². The first-order valence-corrected chi connectivity index (χ1v) is 7.70. The van der Waals surface area contributed by atoms with Gasteiger partial charge in [0.05, 0.1) is 5.01 Å². The average molecular weight is 289 g/mol. The van der Waals surface area contributed by atoms with Gasteiger partial charge in [-0.1, -0.05) is 20.8 Å². The lowest BCUT2D eigenvalue weighted by atomic mass is 9.98. The lowest BCUT2D eigenvalue weighted by Gasteiger charge is -2.13. The molecule has 0 saturated carbocycles. The van der Waals surface area contributed by atoms with Gasteiger partial charge in [-0.25, -0.2) is 20.8 Å². The second kappa shape index (κ2) is 4.79. The van der Waals surface area contributed by atoms with Gasteiger partial charge in [0.25, 0.3) is 0 Å². The number of hydrazine groups is 1. The highest BCUT2D eigenvalue weighted by atomic mass is 32.1. The van der Waals surface area contributed by atoms with Crippen LogP contribution in [0.4, 0.5) is 5.82 Å². The minimum atomic E-state index is 0.0502. The molecule has 5 nitrogen and oxygen atoms in total. The van der Waals surface area contributed by atoms with E-state index in [2.05, 4.69) is 41.1 Å². The number of nitrogens with one attached hydrogen (secondary N) is 1. The van der Waals surface area contributed by atoms with E-state index in [4.69, 9.17) is 5.84 Å². The Morgan fingerprint density at radius 3 is 2.65 bits per heavy atom. The molecule has 1 aliphatic carbocycles. The van der Waals surface area contributed by atoms with Crippen molar-refractivity contribution < 1.29 is 0 Å². The van der Waals surface area contributed by atoms with E-state index in [1.54, 1.807) is 11.3 Å². The van der Waals surface area contributed by atoms with Crippen molar-refractivity contribution >= 4 is 17.2 Å². The van der Waals surface area contributed by atoms with Crippen molar-refractivity contribution in [3.05, 3.63) is 21.6 Å². The van der Waals surface area contributed by atoms with E-state index in [0.717, 1.165) is 47.0 Å². The van der Waals surface area contributed by atoms with Crippen LogP contribution in [0, 0.1) is 0 Å². The maximum atomic E-state index is 5.59. The van der Waals surface area contributed by atoms with E-state index >= 15 is 0 Å². The Bertz CT molecular complexity index is 641. The molecule has 0 radical (unpaired) electrons. The van der Waals surface area contributed by atoms with Crippen LogP contribution in [0.2, 0.25) is 0 Å². The Balaban J connectivity index is 2.05. The molecule has 0 fully saturated rings. The first-order chi connectivity index (χ1) is 9.49. The van der Waals surface area contributed by atoms with Crippen LogP contribution in [-0.2, 0) is 18.3 Å². The number of aryl methyl sites for hydroxylation is 1. The first kappa shape index (κ1) is 13.5. The lowest BCUT2D eigenvalue weighted by molar-refractivity contribution is 0.586. The molecule has 0 amide bonds. The fourth-order valence-electron chi connectivity index (χ4n) is 2.39. The number of nitrogen functional groups attached to an aromatic ring is 1. The van der Waals surface area contributed by atoms with Crippen LogP contribution in [0.5, 0.6) is 0 Å². The number of rotatable bonds is 2. The Morgan fingerprint density at radius 2 is 2.00 bits per heavy atom. The zero-order valence-electron chi connectivity index (χ0n) is 12.0. The minimum Gasteiger partial charge on any atom is -0.308 e. The Hall–Kier alpha value is -1.53. The largest absolute Gasteiger partial charge is 0.308 e. The van der Waals surface area contributed by atoms with Crippen LogP contribution in [-0.4, -0.2) is 15.0 Å². The molecule has 106 valence electrons. The highest BCUT2D eigenvalue weighted by Crippen LogP contribution is 2.31. The van der Waals surface area contributed by atoms with Crippen molar-refractivity contribution in [2.45, 2.75) is 45.4 Å². The monoisotopic (exact) mass is 289 g/mol. The third kappa shape index (κ3) is 2.29. The molecular formula is C14H19N5S. The van der Waals surface area contributed by atoms with Crippen molar-refractivity contribution in [1.82, 2.24) is 15.0 Å². The normalized spacial score (nSPS) is 14.4. The van der Waals surface area contributed by atoms with Gasteiger partial charge in [0.1, 0.15) is 11.5 Å². The van der Waals surface area contributed by atoms with Crippen LogP contribution in [0.15, 0.2) is 5.38 Å². The van der Waals surface area contributed by atoms with Crippen LogP contribution in [0.25, 0.3) is 11.5 Å². The lowest BCUT2D eigenvalue weighted by Crippen LogP contribution is -2.13. The molecule has 0 aromatic carbocycles. The van der Waals surface area contributed by atoms with E-state index in [1.165, 1.54) is 0 Å². The number of nitrogens with two attached hydrogens (primary N) is 1. The van der Waals surface area contributed by atoms with E-state index < -0.39 is 0 Å². The molecule has 0 unspecified atom stereocenters. The molecule has 1 aliphatic rings. The molecule has 0 bridgehead atoms. The molecule has 2 heterocycles. The fraction of sp³-hybridized carbons (Fsp3) is 0.500. The van der Waals surface area contributed by atoms with Crippen LogP contribution in [0.3, 0.4) is 0 Å². The Morgan fingerprint density at radius 1 is 1.20 bits per heavy atom. The smallest absolute Gasteiger partial charge is 0.181 e.